The lowest BCUT2D eigenvalue weighted by Crippen LogP contribution is -2.45. The number of para-hydroxylation sites is 1. The van der Waals surface area contributed by atoms with Gasteiger partial charge in [0.2, 0.25) is 0 Å². The molecule has 1 aromatic heterocycles. The quantitative estimate of drug-likeness (QED) is 0.359. The Morgan fingerprint density at radius 3 is 2.44 bits per heavy atom. The van der Waals surface area contributed by atoms with Gasteiger partial charge in [0.05, 0.1) is 12.2 Å². The number of nitrogens with zero attached hydrogens (tertiary/aromatic N) is 3. The molecule has 2 atom stereocenters. The van der Waals surface area contributed by atoms with E-state index in [0.29, 0.717) is 6.54 Å². The smallest absolute Gasteiger partial charge is 0.191 e. The Morgan fingerprint density at radius 2 is 1.89 bits per heavy atom. The molecule has 2 rings (SSSR count). The number of benzene rings is 1. The largest absolute Gasteiger partial charge is 0.489 e. The summed E-state index contributed by atoms with van der Waals surface area (Å²) in [5.74, 6) is 1.65. The van der Waals surface area contributed by atoms with Gasteiger partial charge in [-0.1, -0.05) is 18.2 Å². The summed E-state index contributed by atoms with van der Waals surface area (Å²) < 4.78 is 7.83. The second kappa shape index (κ2) is 11.2. The standard InChI is InChI=1S/C20H31N5O.HI/c1-14(12-19-16(3)24-25(6)17(19)4)23-20(21-5)22-13-15(2)26-18-10-8-7-9-11-18;/h7-11,14-15H,12-13H2,1-6H3,(H2,21,22,23);1H. The van der Waals surface area contributed by atoms with Crippen LogP contribution in [0.2, 0.25) is 0 Å². The van der Waals surface area contributed by atoms with E-state index in [1.807, 2.05) is 49.0 Å². The van der Waals surface area contributed by atoms with Crippen molar-refractivity contribution < 1.29 is 4.74 Å². The van der Waals surface area contributed by atoms with Crippen LogP contribution >= 0.6 is 24.0 Å². The Bertz CT molecular complexity index is 729. The number of ether oxygens (including phenoxy) is 1. The molecule has 6 nitrogen and oxygen atoms in total. The number of nitrogens with one attached hydrogen (secondary N) is 2. The third-order valence-corrected chi connectivity index (χ3v) is 4.41. The lowest BCUT2D eigenvalue weighted by molar-refractivity contribution is 0.223. The third-order valence-electron chi connectivity index (χ3n) is 4.41. The van der Waals surface area contributed by atoms with Crippen molar-refractivity contribution in [2.45, 2.75) is 46.3 Å². The van der Waals surface area contributed by atoms with Crippen LogP contribution < -0.4 is 15.4 Å². The predicted octanol–water partition coefficient (Wildman–Crippen LogP) is 3.22. The van der Waals surface area contributed by atoms with Crippen molar-refractivity contribution in [3.63, 3.8) is 0 Å². The maximum absolute atomic E-state index is 5.89. The summed E-state index contributed by atoms with van der Waals surface area (Å²) in [6.07, 6.45) is 0.941. The molecule has 0 aliphatic carbocycles. The Hall–Kier alpha value is -1.77. The van der Waals surface area contributed by atoms with Gasteiger partial charge >= 0.3 is 0 Å². The summed E-state index contributed by atoms with van der Waals surface area (Å²) in [6.45, 7) is 9.04. The number of aryl methyl sites for hydroxylation is 2. The molecule has 1 aromatic carbocycles. The molecular weight excluding hydrogens is 453 g/mol. The van der Waals surface area contributed by atoms with Crippen molar-refractivity contribution >= 4 is 29.9 Å². The maximum Gasteiger partial charge on any atom is 0.191 e. The molecular formula is C20H32IN5O. The van der Waals surface area contributed by atoms with Crippen molar-refractivity contribution in [3.05, 3.63) is 47.3 Å². The van der Waals surface area contributed by atoms with Crippen molar-refractivity contribution in [1.82, 2.24) is 20.4 Å². The predicted molar refractivity (Wildman–Crippen MR) is 122 cm³/mol. The summed E-state index contributed by atoms with van der Waals surface area (Å²) >= 11 is 0. The first-order chi connectivity index (χ1) is 12.4. The summed E-state index contributed by atoms with van der Waals surface area (Å²) in [5, 5.41) is 11.3. The molecule has 0 aliphatic heterocycles. The Labute approximate surface area is 179 Å². The number of rotatable bonds is 7. The summed E-state index contributed by atoms with van der Waals surface area (Å²) in [7, 11) is 3.77. The van der Waals surface area contributed by atoms with Crippen LogP contribution in [0.1, 0.15) is 30.8 Å². The number of hydrogen-bond acceptors (Lipinski definition) is 3. The van der Waals surface area contributed by atoms with E-state index in [1.165, 1.54) is 11.3 Å². The van der Waals surface area contributed by atoms with Gasteiger partial charge in [-0.2, -0.15) is 5.10 Å². The maximum atomic E-state index is 5.89. The molecule has 0 radical (unpaired) electrons. The van der Waals surface area contributed by atoms with E-state index in [1.54, 1.807) is 7.05 Å². The third kappa shape index (κ3) is 7.04. The molecule has 0 bridgehead atoms. The Morgan fingerprint density at radius 1 is 1.22 bits per heavy atom. The van der Waals surface area contributed by atoms with Crippen LogP contribution in [0, 0.1) is 13.8 Å². The number of aromatic nitrogens is 2. The highest BCUT2D eigenvalue weighted by Gasteiger charge is 2.14. The van der Waals surface area contributed by atoms with Crippen LogP contribution in [-0.2, 0) is 13.5 Å². The second-order valence-corrected chi connectivity index (χ2v) is 6.72. The van der Waals surface area contributed by atoms with Crippen LogP contribution in [0.5, 0.6) is 5.75 Å². The fraction of sp³-hybridized carbons (Fsp3) is 0.500. The average Bonchev–Trinajstić information content (AvgIpc) is 2.85. The van der Waals surface area contributed by atoms with Gasteiger partial charge in [0.25, 0.3) is 0 Å². The fourth-order valence-corrected chi connectivity index (χ4v) is 2.91. The number of aliphatic imine (C=N–C) groups is 1. The molecule has 2 unspecified atom stereocenters. The highest BCUT2D eigenvalue weighted by atomic mass is 127. The van der Waals surface area contributed by atoms with Crippen LogP contribution in [0.4, 0.5) is 0 Å². The molecule has 1 heterocycles. The van der Waals surface area contributed by atoms with Gasteiger partial charge in [0.15, 0.2) is 5.96 Å². The van der Waals surface area contributed by atoms with E-state index >= 15 is 0 Å². The van der Waals surface area contributed by atoms with Gasteiger partial charge in [-0.15, -0.1) is 24.0 Å². The molecule has 2 aromatic rings. The van der Waals surface area contributed by atoms with Gasteiger partial charge in [-0.25, -0.2) is 0 Å². The Kier molecular flexibility index (Phi) is 9.62. The van der Waals surface area contributed by atoms with Crippen LogP contribution in [0.15, 0.2) is 35.3 Å². The monoisotopic (exact) mass is 485 g/mol. The molecule has 0 amide bonds. The molecule has 7 heteroatoms. The minimum atomic E-state index is 0. The van der Waals surface area contributed by atoms with Gasteiger partial charge in [0, 0.05) is 25.8 Å². The first-order valence-corrected chi connectivity index (χ1v) is 9.08. The molecule has 0 saturated heterocycles. The van der Waals surface area contributed by atoms with E-state index in [4.69, 9.17) is 4.74 Å². The number of hydrogen-bond donors (Lipinski definition) is 2. The van der Waals surface area contributed by atoms with Crippen molar-refractivity contribution in [1.29, 1.82) is 0 Å². The van der Waals surface area contributed by atoms with Crippen molar-refractivity contribution in [2.24, 2.45) is 12.0 Å². The summed E-state index contributed by atoms with van der Waals surface area (Å²) in [6, 6.07) is 10.1. The van der Waals surface area contributed by atoms with Gasteiger partial charge in [-0.3, -0.25) is 9.67 Å². The highest BCUT2D eigenvalue weighted by molar-refractivity contribution is 14.0. The van der Waals surface area contributed by atoms with E-state index in [2.05, 4.69) is 41.5 Å². The molecule has 0 aliphatic rings. The zero-order valence-corrected chi connectivity index (χ0v) is 19.4. The normalized spacial score (nSPS) is 13.5. The minimum Gasteiger partial charge on any atom is -0.489 e. The van der Waals surface area contributed by atoms with Crippen LogP contribution in [-0.4, -0.2) is 41.5 Å². The van der Waals surface area contributed by atoms with E-state index < -0.39 is 0 Å². The van der Waals surface area contributed by atoms with E-state index in [-0.39, 0.29) is 36.1 Å². The molecule has 2 N–H and O–H groups in total. The lowest BCUT2D eigenvalue weighted by atomic mass is 10.1. The van der Waals surface area contributed by atoms with Crippen LogP contribution in [0.3, 0.4) is 0 Å². The highest BCUT2D eigenvalue weighted by Crippen LogP contribution is 2.14. The van der Waals surface area contributed by atoms with Gasteiger partial charge < -0.3 is 15.4 Å². The zero-order valence-electron chi connectivity index (χ0n) is 17.1. The van der Waals surface area contributed by atoms with E-state index in [0.717, 1.165) is 23.8 Å². The van der Waals surface area contributed by atoms with Gasteiger partial charge in [-0.05, 0) is 51.8 Å². The first kappa shape index (κ1) is 23.3. The topological polar surface area (TPSA) is 63.5 Å². The lowest BCUT2D eigenvalue weighted by Gasteiger charge is -2.20. The SMILES string of the molecule is CN=C(NCC(C)Oc1ccccc1)NC(C)Cc1c(C)nn(C)c1C.I. The molecule has 0 fully saturated rings. The van der Waals surface area contributed by atoms with Crippen molar-refractivity contribution in [3.8, 4) is 5.75 Å². The summed E-state index contributed by atoms with van der Waals surface area (Å²) in [4.78, 5) is 4.32. The first-order valence-electron chi connectivity index (χ1n) is 9.08. The average molecular weight is 485 g/mol. The fourth-order valence-electron chi connectivity index (χ4n) is 2.91. The number of halogens is 1. The van der Waals surface area contributed by atoms with Crippen LogP contribution in [0.25, 0.3) is 0 Å². The molecule has 0 spiro atoms. The van der Waals surface area contributed by atoms with E-state index in [9.17, 15) is 0 Å². The van der Waals surface area contributed by atoms with Crippen molar-refractivity contribution in [2.75, 3.05) is 13.6 Å². The Balaban J connectivity index is 0.00000364. The second-order valence-electron chi connectivity index (χ2n) is 6.72. The minimum absolute atomic E-state index is 0. The van der Waals surface area contributed by atoms with Gasteiger partial charge in [0.1, 0.15) is 11.9 Å². The zero-order chi connectivity index (χ0) is 19.1. The number of guanidine groups is 1. The summed E-state index contributed by atoms with van der Waals surface area (Å²) in [5.41, 5.74) is 3.60. The molecule has 150 valence electrons. The molecule has 27 heavy (non-hydrogen) atoms. The molecule has 0 saturated carbocycles.